The molecule has 0 spiro atoms. The van der Waals surface area contributed by atoms with E-state index in [0.29, 0.717) is 39.7 Å². The number of benzene rings is 2. The summed E-state index contributed by atoms with van der Waals surface area (Å²) >= 11 is 5.87. The van der Waals surface area contributed by atoms with Crippen LogP contribution in [0.15, 0.2) is 65.8 Å². The molecule has 4 rings (SSSR count). The highest BCUT2D eigenvalue weighted by Crippen LogP contribution is 2.25. The monoisotopic (exact) mass is 364 g/mol. The zero-order valence-corrected chi connectivity index (χ0v) is 14.3. The van der Waals surface area contributed by atoms with E-state index in [1.54, 1.807) is 61.1 Å². The van der Waals surface area contributed by atoms with Crippen LogP contribution in [0.25, 0.3) is 10.9 Å². The van der Waals surface area contributed by atoms with Crippen LogP contribution in [-0.2, 0) is 6.42 Å². The van der Waals surface area contributed by atoms with Crippen LogP contribution in [0, 0.1) is 0 Å². The van der Waals surface area contributed by atoms with E-state index >= 15 is 0 Å². The molecule has 2 aromatic carbocycles. The van der Waals surface area contributed by atoms with Gasteiger partial charge in [-0.2, -0.15) is 0 Å². The SMILES string of the molecule is O=c1[nH]c(Cc2cnccn2)nc2ccc(Oc3ccc(Cl)cc3)cc12. The van der Waals surface area contributed by atoms with Crippen molar-refractivity contribution in [2.24, 2.45) is 0 Å². The molecule has 6 nitrogen and oxygen atoms in total. The van der Waals surface area contributed by atoms with Gasteiger partial charge in [0.25, 0.3) is 5.56 Å². The molecule has 0 fully saturated rings. The summed E-state index contributed by atoms with van der Waals surface area (Å²) in [6.45, 7) is 0. The summed E-state index contributed by atoms with van der Waals surface area (Å²) in [6.07, 6.45) is 5.26. The molecule has 0 aliphatic rings. The number of aromatic amines is 1. The number of aromatic nitrogens is 4. The van der Waals surface area contributed by atoms with Crippen LogP contribution in [0.5, 0.6) is 11.5 Å². The maximum atomic E-state index is 12.4. The van der Waals surface area contributed by atoms with Crippen LogP contribution in [0.2, 0.25) is 5.02 Å². The molecule has 0 atom stereocenters. The Labute approximate surface area is 153 Å². The van der Waals surface area contributed by atoms with Crippen LogP contribution in [-0.4, -0.2) is 19.9 Å². The van der Waals surface area contributed by atoms with Gasteiger partial charge in [-0.05, 0) is 42.5 Å². The van der Waals surface area contributed by atoms with Crippen molar-refractivity contribution in [3.05, 3.63) is 87.9 Å². The van der Waals surface area contributed by atoms with E-state index < -0.39 is 0 Å². The van der Waals surface area contributed by atoms with Crippen LogP contribution in [0.3, 0.4) is 0 Å². The number of hydrogen-bond donors (Lipinski definition) is 1. The first-order chi connectivity index (χ1) is 12.7. The molecular formula is C19H13ClN4O2. The third kappa shape index (κ3) is 3.55. The first-order valence-corrected chi connectivity index (χ1v) is 8.26. The van der Waals surface area contributed by atoms with E-state index in [4.69, 9.17) is 16.3 Å². The minimum absolute atomic E-state index is 0.226. The van der Waals surface area contributed by atoms with Crippen molar-refractivity contribution in [2.45, 2.75) is 6.42 Å². The summed E-state index contributed by atoms with van der Waals surface area (Å²) in [5.41, 5.74) is 1.10. The molecule has 0 radical (unpaired) electrons. The largest absolute Gasteiger partial charge is 0.457 e. The molecule has 0 aliphatic carbocycles. The van der Waals surface area contributed by atoms with Gasteiger partial charge in [0.2, 0.25) is 0 Å². The zero-order valence-electron chi connectivity index (χ0n) is 13.5. The highest BCUT2D eigenvalue weighted by molar-refractivity contribution is 6.30. The summed E-state index contributed by atoms with van der Waals surface area (Å²) in [5, 5.41) is 1.09. The Morgan fingerprint density at radius 3 is 2.62 bits per heavy atom. The highest BCUT2D eigenvalue weighted by Gasteiger charge is 2.08. The molecule has 4 aromatic rings. The minimum Gasteiger partial charge on any atom is -0.457 e. The maximum Gasteiger partial charge on any atom is 0.258 e. The van der Waals surface area contributed by atoms with Crippen LogP contribution < -0.4 is 10.3 Å². The van der Waals surface area contributed by atoms with E-state index in [0.717, 1.165) is 5.69 Å². The number of fused-ring (bicyclic) bond motifs is 1. The number of nitrogens with zero attached hydrogens (tertiary/aromatic N) is 3. The van der Waals surface area contributed by atoms with Gasteiger partial charge < -0.3 is 9.72 Å². The Balaban J connectivity index is 1.64. The Bertz CT molecular complexity index is 1110. The number of ether oxygens (including phenoxy) is 1. The lowest BCUT2D eigenvalue weighted by Gasteiger charge is -2.07. The molecule has 26 heavy (non-hydrogen) atoms. The second-order valence-electron chi connectivity index (χ2n) is 5.62. The average Bonchev–Trinajstić information content (AvgIpc) is 2.65. The van der Waals surface area contributed by atoms with Crippen molar-refractivity contribution in [3.63, 3.8) is 0 Å². The molecule has 7 heteroatoms. The molecule has 128 valence electrons. The van der Waals surface area contributed by atoms with Gasteiger partial charge in [-0.15, -0.1) is 0 Å². The number of halogens is 1. The fourth-order valence-corrected chi connectivity index (χ4v) is 2.67. The van der Waals surface area contributed by atoms with Gasteiger partial charge in [0, 0.05) is 30.0 Å². The fourth-order valence-electron chi connectivity index (χ4n) is 2.54. The van der Waals surface area contributed by atoms with Gasteiger partial charge in [0.15, 0.2) is 0 Å². The van der Waals surface area contributed by atoms with Crippen LogP contribution >= 0.6 is 11.6 Å². The van der Waals surface area contributed by atoms with Crippen molar-refractivity contribution >= 4 is 22.5 Å². The zero-order chi connectivity index (χ0) is 17.9. The van der Waals surface area contributed by atoms with Gasteiger partial charge in [-0.3, -0.25) is 14.8 Å². The van der Waals surface area contributed by atoms with Gasteiger partial charge in [0.05, 0.1) is 16.6 Å². The van der Waals surface area contributed by atoms with Gasteiger partial charge in [-0.25, -0.2) is 4.98 Å². The van der Waals surface area contributed by atoms with E-state index in [2.05, 4.69) is 19.9 Å². The molecule has 0 aliphatic heterocycles. The summed E-state index contributed by atoms with van der Waals surface area (Å²) in [7, 11) is 0. The number of nitrogens with one attached hydrogen (secondary N) is 1. The van der Waals surface area contributed by atoms with Crippen molar-refractivity contribution in [1.82, 2.24) is 19.9 Å². The Morgan fingerprint density at radius 2 is 1.85 bits per heavy atom. The topological polar surface area (TPSA) is 80.8 Å². The van der Waals surface area contributed by atoms with Gasteiger partial charge in [0.1, 0.15) is 17.3 Å². The summed E-state index contributed by atoms with van der Waals surface area (Å²) < 4.78 is 5.76. The van der Waals surface area contributed by atoms with E-state index in [-0.39, 0.29) is 5.56 Å². The van der Waals surface area contributed by atoms with E-state index in [1.807, 2.05) is 0 Å². The summed E-state index contributed by atoms with van der Waals surface area (Å²) in [6, 6.07) is 12.2. The Hall–Kier alpha value is -3.25. The van der Waals surface area contributed by atoms with E-state index in [9.17, 15) is 4.79 Å². The third-order valence-electron chi connectivity index (χ3n) is 3.74. The first-order valence-electron chi connectivity index (χ1n) is 7.89. The molecule has 2 aromatic heterocycles. The maximum absolute atomic E-state index is 12.4. The molecule has 0 amide bonds. The standard InChI is InChI=1S/C19H13ClN4O2/c20-12-1-3-14(4-2-12)26-15-5-6-17-16(10-15)19(25)24-18(23-17)9-13-11-21-7-8-22-13/h1-8,10-11H,9H2,(H,23,24,25). The second kappa shape index (κ2) is 6.93. The highest BCUT2D eigenvalue weighted by atomic mass is 35.5. The van der Waals surface area contributed by atoms with E-state index in [1.165, 1.54) is 0 Å². The van der Waals surface area contributed by atoms with Crippen molar-refractivity contribution in [1.29, 1.82) is 0 Å². The van der Waals surface area contributed by atoms with Gasteiger partial charge in [-0.1, -0.05) is 11.6 Å². The van der Waals surface area contributed by atoms with Crippen LogP contribution in [0.1, 0.15) is 11.5 Å². The third-order valence-corrected chi connectivity index (χ3v) is 3.99. The summed E-state index contributed by atoms with van der Waals surface area (Å²) in [5.74, 6) is 1.72. The molecular weight excluding hydrogens is 352 g/mol. The molecule has 0 saturated carbocycles. The predicted octanol–water partition coefficient (Wildman–Crippen LogP) is 3.75. The molecule has 0 bridgehead atoms. The second-order valence-corrected chi connectivity index (χ2v) is 6.06. The Morgan fingerprint density at radius 1 is 1.04 bits per heavy atom. The van der Waals surface area contributed by atoms with Crippen molar-refractivity contribution in [3.8, 4) is 11.5 Å². The predicted molar refractivity (Wildman–Crippen MR) is 98.7 cm³/mol. The lowest BCUT2D eigenvalue weighted by molar-refractivity contribution is 0.483. The number of H-pyrrole nitrogens is 1. The first kappa shape index (κ1) is 16.2. The lowest BCUT2D eigenvalue weighted by atomic mass is 10.2. The summed E-state index contributed by atoms with van der Waals surface area (Å²) in [4.78, 5) is 27.9. The normalized spacial score (nSPS) is 10.8. The van der Waals surface area contributed by atoms with Crippen molar-refractivity contribution in [2.75, 3.05) is 0 Å². The Kier molecular flexibility index (Phi) is 4.33. The smallest absolute Gasteiger partial charge is 0.258 e. The number of hydrogen-bond acceptors (Lipinski definition) is 5. The molecule has 2 heterocycles. The lowest BCUT2D eigenvalue weighted by Crippen LogP contribution is -2.12. The molecule has 0 unspecified atom stereocenters. The molecule has 0 saturated heterocycles. The fraction of sp³-hybridized carbons (Fsp3) is 0.0526. The quantitative estimate of drug-likeness (QED) is 0.596. The average molecular weight is 365 g/mol. The number of rotatable bonds is 4. The van der Waals surface area contributed by atoms with Crippen molar-refractivity contribution < 1.29 is 4.74 Å². The minimum atomic E-state index is -0.226. The van der Waals surface area contributed by atoms with Crippen LogP contribution in [0.4, 0.5) is 0 Å². The van der Waals surface area contributed by atoms with Gasteiger partial charge >= 0.3 is 0 Å². The molecule has 1 N–H and O–H groups in total.